The Balaban J connectivity index is 2.75. The SMILES string of the molecule is CCOC1CCCN(S(=O)(=O)C(C#N)CC)C1. The highest BCUT2D eigenvalue weighted by Gasteiger charge is 2.34. The minimum absolute atomic E-state index is 0.0280. The molecule has 0 aliphatic carbocycles. The molecule has 1 aliphatic rings. The normalized spacial score (nSPS) is 24.2. The van der Waals surface area contributed by atoms with Gasteiger partial charge in [0, 0.05) is 19.7 Å². The highest BCUT2D eigenvalue weighted by atomic mass is 32.2. The third kappa shape index (κ3) is 3.41. The van der Waals surface area contributed by atoms with Crippen molar-refractivity contribution in [1.82, 2.24) is 4.31 Å². The number of hydrogen-bond donors (Lipinski definition) is 0. The van der Waals surface area contributed by atoms with Gasteiger partial charge in [-0.05, 0) is 26.2 Å². The van der Waals surface area contributed by atoms with E-state index in [4.69, 9.17) is 10.00 Å². The third-order valence-electron chi connectivity index (χ3n) is 2.98. The molecule has 0 aromatic carbocycles. The van der Waals surface area contributed by atoms with Gasteiger partial charge in [-0.15, -0.1) is 0 Å². The molecule has 0 amide bonds. The van der Waals surface area contributed by atoms with Crippen molar-refractivity contribution in [3.8, 4) is 6.07 Å². The van der Waals surface area contributed by atoms with E-state index in [1.54, 1.807) is 6.92 Å². The molecule has 17 heavy (non-hydrogen) atoms. The lowest BCUT2D eigenvalue weighted by Gasteiger charge is -2.32. The van der Waals surface area contributed by atoms with Crippen molar-refractivity contribution < 1.29 is 13.2 Å². The lowest BCUT2D eigenvalue weighted by molar-refractivity contribution is 0.0264. The van der Waals surface area contributed by atoms with Crippen LogP contribution < -0.4 is 0 Å². The molecule has 1 fully saturated rings. The van der Waals surface area contributed by atoms with Crippen LogP contribution in [0.5, 0.6) is 0 Å². The van der Waals surface area contributed by atoms with Gasteiger partial charge < -0.3 is 4.74 Å². The van der Waals surface area contributed by atoms with Gasteiger partial charge in [-0.1, -0.05) is 6.92 Å². The molecule has 0 aromatic rings. The standard InChI is InChI=1S/C11H20N2O3S/c1-3-11(8-12)17(14,15)13-7-5-6-10(9-13)16-4-2/h10-11H,3-7,9H2,1-2H3. The summed E-state index contributed by atoms with van der Waals surface area (Å²) in [5.74, 6) is 0. The topological polar surface area (TPSA) is 70.4 Å². The summed E-state index contributed by atoms with van der Waals surface area (Å²) in [7, 11) is -3.48. The van der Waals surface area contributed by atoms with Gasteiger partial charge in [-0.25, -0.2) is 8.42 Å². The largest absolute Gasteiger partial charge is 0.377 e. The van der Waals surface area contributed by atoms with E-state index in [2.05, 4.69) is 0 Å². The van der Waals surface area contributed by atoms with Crippen molar-refractivity contribution in [1.29, 1.82) is 5.26 Å². The number of nitriles is 1. The molecule has 5 nitrogen and oxygen atoms in total. The van der Waals surface area contributed by atoms with Gasteiger partial charge in [-0.2, -0.15) is 9.57 Å². The zero-order valence-electron chi connectivity index (χ0n) is 10.4. The molecule has 1 rings (SSSR count). The van der Waals surface area contributed by atoms with Crippen LogP contribution in [-0.2, 0) is 14.8 Å². The van der Waals surface area contributed by atoms with Crippen LogP contribution in [0.25, 0.3) is 0 Å². The summed E-state index contributed by atoms with van der Waals surface area (Å²) in [6.07, 6.45) is 1.99. The molecule has 0 bridgehead atoms. The van der Waals surface area contributed by atoms with Crippen molar-refractivity contribution in [3.05, 3.63) is 0 Å². The predicted molar refractivity (Wildman–Crippen MR) is 64.8 cm³/mol. The average molecular weight is 260 g/mol. The molecule has 0 radical (unpaired) electrons. The highest BCUT2D eigenvalue weighted by molar-refractivity contribution is 7.90. The van der Waals surface area contributed by atoms with Crippen LogP contribution in [0.4, 0.5) is 0 Å². The quantitative estimate of drug-likeness (QED) is 0.742. The molecule has 0 N–H and O–H groups in total. The molecule has 6 heteroatoms. The second-order valence-corrected chi connectivity index (χ2v) is 6.26. The van der Waals surface area contributed by atoms with Gasteiger partial charge in [0.1, 0.15) is 0 Å². The van der Waals surface area contributed by atoms with Gasteiger partial charge in [0.25, 0.3) is 0 Å². The zero-order chi connectivity index (χ0) is 12.9. The maximum atomic E-state index is 12.1. The fraction of sp³-hybridized carbons (Fsp3) is 0.909. The Morgan fingerprint density at radius 2 is 2.24 bits per heavy atom. The molecule has 0 saturated carbocycles. The molecular weight excluding hydrogens is 240 g/mol. The first kappa shape index (κ1) is 14.4. The van der Waals surface area contributed by atoms with E-state index in [0.29, 0.717) is 26.1 Å². The van der Waals surface area contributed by atoms with Crippen LogP contribution in [0, 0.1) is 11.3 Å². The zero-order valence-corrected chi connectivity index (χ0v) is 11.2. The Kier molecular flexibility index (Phi) is 5.37. The smallest absolute Gasteiger partial charge is 0.230 e. The molecule has 1 aliphatic heterocycles. The number of ether oxygens (including phenoxy) is 1. The van der Waals surface area contributed by atoms with Crippen molar-refractivity contribution in [2.45, 2.75) is 44.5 Å². The number of hydrogen-bond acceptors (Lipinski definition) is 4. The summed E-state index contributed by atoms with van der Waals surface area (Å²) < 4.78 is 31.2. The lowest BCUT2D eigenvalue weighted by Crippen LogP contribution is -2.46. The first-order valence-electron chi connectivity index (χ1n) is 6.06. The van der Waals surface area contributed by atoms with Gasteiger partial charge in [-0.3, -0.25) is 0 Å². The lowest BCUT2D eigenvalue weighted by atomic mass is 10.1. The molecule has 1 saturated heterocycles. The van der Waals surface area contributed by atoms with Crippen molar-refractivity contribution in [2.75, 3.05) is 19.7 Å². The first-order valence-corrected chi connectivity index (χ1v) is 7.56. The summed E-state index contributed by atoms with van der Waals surface area (Å²) in [5.41, 5.74) is 0. The summed E-state index contributed by atoms with van der Waals surface area (Å²) >= 11 is 0. The van der Waals surface area contributed by atoms with Crippen molar-refractivity contribution >= 4 is 10.0 Å². The molecule has 0 spiro atoms. The number of rotatable bonds is 5. The Labute approximate surface area is 103 Å². The van der Waals surface area contributed by atoms with E-state index in [1.165, 1.54) is 4.31 Å². The van der Waals surface area contributed by atoms with E-state index < -0.39 is 15.3 Å². The van der Waals surface area contributed by atoms with Crippen LogP contribution in [-0.4, -0.2) is 43.8 Å². The van der Waals surface area contributed by atoms with Gasteiger partial charge in [0.2, 0.25) is 10.0 Å². The number of nitrogens with zero attached hydrogens (tertiary/aromatic N) is 2. The van der Waals surface area contributed by atoms with E-state index in [9.17, 15) is 8.42 Å². The monoisotopic (exact) mass is 260 g/mol. The molecule has 98 valence electrons. The van der Waals surface area contributed by atoms with E-state index >= 15 is 0 Å². The van der Waals surface area contributed by atoms with Crippen molar-refractivity contribution in [2.24, 2.45) is 0 Å². The van der Waals surface area contributed by atoms with Gasteiger partial charge >= 0.3 is 0 Å². The average Bonchev–Trinajstić information content (AvgIpc) is 2.31. The Morgan fingerprint density at radius 1 is 1.53 bits per heavy atom. The molecule has 2 atom stereocenters. The third-order valence-corrected chi connectivity index (χ3v) is 5.19. The fourth-order valence-corrected chi connectivity index (χ4v) is 3.73. The summed E-state index contributed by atoms with van der Waals surface area (Å²) in [5, 5.41) is 7.95. The molecule has 1 heterocycles. The fourth-order valence-electron chi connectivity index (χ4n) is 2.06. The first-order chi connectivity index (χ1) is 8.06. The van der Waals surface area contributed by atoms with Crippen LogP contribution in [0.2, 0.25) is 0 Å². The Hall–Kier alpha value is -0.640. The van der Waals surface area contributed by atoms with Gasteiger partial charge in [0.05, 0.1) is 12.2 Å². The van der Waals surface area contributed by atoms with E-state index in [0.717, 1.165) is 12.8 Å². The summed E-state index contributed by atoms with van der Waals surface area (Å²) in [6.45, 7) is 5.10. The second kappa shape index (κ2) is 6.34. The van der Waals surface area contributed by atoms with E-state index in [1.807, 2.05) is 13.0 Å². The maximum absolute atomic E-state index is 12.1. The highest BCUT2D eigenvalue weighted by Crippen LogP contribution is 2.20. The number of piperidine rings is 1. The minimum atomic E-state index is -3.48. The second-order valence-electron chi connectivity index (χ2n) is 4.15. The van der Waals surface area contributed by atoms with E-state index in [-0.39, 0.29) is 6.10 Å². The summed E-state index contributed by atoms with van der Waals surface area (Å²) in [6, 6.07) is 1.87. The van der Waals surface area contributed by atoms with Crippen LogP contribution in [0.3, 0.4) is 0 Å². The Morgan fingerprint density at radius 3 is 2.76 bits per heavy atom. The Bertz CT molecular complexity index is 373. The van der Waals surface area contributed by atoms with Gasteiger partial charge in [0.15, 0.2) is 5.25 Å². The summed E-state index contributed by atoms with van der Waals surface area (Å²) in [4.78, 5) is 0. The minimum Gasteiger partial charge on any atom is -0.377 e. The predicted octanol–water partition coefficient (Wildman–Crippen LogP) is 1.12. The van der Waals surface area contributed by atoms with Crippen LogP contribution >= 0.6 is 0 Å². The number of sulfonamides is 1. The maximum Gasteiger partial charge on any atom is 0.230 e. The van der Waals surface area contributed by atoms with Crippen molar-refractivity contribution in [3.63, 3.8) is 0 Å². The van der Waals surface area contributed by atoms with Crippen LogP contribution in [0.15, 0.2) is 0 Å². The molecular formula is C11H20N2O3S. The molecule has 0 aromatic heterocycles. The molecule has 2 unspecified atom stereocenters. The van der Waals surface area contributed by atoms with Crippen LogP contribution in [0.1, 0.15) is 33.1 Å².